The van der Waals surface area contributed by atoms with Gasteiger partial charge in [0.05, 0.1) is 23.3 Å². The second-order valence-corrected chi connectivity index (χ2v) is 7.66. The van der Waals surface area contributed by atoms with Gasteiger partial charge in [-0.1, -0.05) is 6.07 Å². The van der Waals surface area contributed by atoms with Crippen molar-refractivity contribution in [3.8, 4) is 23.2 Å². The molecule has 6 heteroatoms. The molecule has 1 aliphatic rings. The summed E-state index contributed by atoms with van der Waals surface area (Å²) in [7, 11) is 0. The number of benzene rings is 2. The lowest BCUT2D eigenvalue weighted by Crippen LogP contribution is -2.10. The van der Waals surface area contributed by atoms with E-state index in [4.69, 9.17) is 14.7 Å². The summed E-state index contributed by atoms with van der Waals surface area (Å²) in [5.41, 5.74) is 3.02. The van der Waals surface area contributed by atoms with E-state index in [9.17, 15) is 5.26 Å². The standard InChI is InChI=1S/C25H21N5O/c26-15-17-5-3-7-19(13-17)28-25-22-14-21(31-20-8-1-2-9-20)10-11-23(22)29-24(30-25)18-6-4-12-27-16-18/h3-7,10-14,16,20H,1-2,8-9H2,(H,28,29,30). The van der Waals surface area contributed by atoms with Gasteiger partial charge in [0.25, 0.3) is 0 Å². The number of nitrogens with zero attached hydrogens (tertiary/aromatic N) is 4. The van der Waals surface area contributed by atoms with Crippen molar-refractivity contribution in [3.63, 3.8) is 0 Å². The van der Waals surface area contributed by atoms with Gasteiger partial charge in [-0.15, -0.1) is 0 Å². The smallest absolute Gasteiger partial charge is 0.163 e. The number of rotatable bonds is 5. The minimum absolute atomic E-state index is 0.275. The lowest BCUT2D eigenvalue weighted by Gasteiger charge is -2.15. The molecule has 0 radical (unpaired) electrons. The molecular weight excluding hydrogens is 386 g/mol. The van der Waals surface area contributed by atoms with Gasteiger partial charge in [0.1, 0.15) is 11.6 Å². The first-order chi connectivity index (χ1) is 15.3. The molecule has 1 saturated carbocycles. The largest absolute Gasteiger partial charge is 0.490 e. The zero-order valence-electron chi connectivity index (χ0n) is 17.0. The third-order valence-corrected chi connectivity index (χ3v) is 5.45. The molecule has 0 bridgehead atoms. The molecular formula is C25H21N5O. The van der Waals surface area contributed by atoms with Gasteiger partial charge in [-0.3, -0.25) is 4.98 Å². The second-order valence-electron chi connectivity index (χ2n) is 7.66. The van der Waals surface area contributed by atoms with Crippen LogP contribution >= 0.6 is 0 Å². The van der Waals surface area contributed by atoms with Gasteiger partial charge in [-0.25, -0.2) is 9.97 Å². The Bertz CT molecular complexity index is 1260. The summed E-state index contributed by atoms with van der Waals surface area (Å²) in [6.07, 6.45) is 8.39. The maximum atomic E-state index is 9.24. The normalized spacial score (nSPS) is 13.8. The molecule has 1 fully saturated rings. The van der Waals surface area contributed by atoms with Crippen LogP contribution in [-0.4, -0.2) is 21.1 Å². The molecule has 0 aliphatic heterocycles. The van der Waals surface area contributed by atoms with Gasteiger partial charge < -0.3 is 10.1 Å². The number of ether oxygens (including phenoxy) is 1. The highest BCUT2D eigenvalue weighted by molar-refractivity contribution is 5.93. The van der Waals surface area contributed by atoms with Gasteiger partial charge in [0.15, 0.2) is 5.82 Å². The van der Waals surface area contributed by atoms with E-state index in [0.29, 0.717) is 17.2 Å². The van der Waals surface area contributed by atoms with Crippen LogP contribution in [0.3, 0.4) is 0 Å². The van der Waals surface area contributed by atoms with Crippen molar-refractivity contribution in [1.82, 2.24) is 15.0 Å². The van der Waals surface area contributed by atoms with Crippen LogP contribution in [0.2, 0.25) is 0 Å². The van der Waals surface area contributed by atoms with Crippen LogP contribution < -0.4 is 10.1 Å². The predicted molar refractivity (Wildman–Crippen MR) is 120 cm³/mol. The summed E-state index contributed by atoms with van der Waals surface area (Å²) >= 11 is 0. The first-order valence-corrected chi connectivity index (χ1v) is 10.4. The molecule has 6 nitrogen and oxygen atoms in total. The van der Waals surface area contributed by atoms with E-state index in [0.717, 1.165) is 40.7 Å². The molecule has 0 atom stereocenters. The quantitative estimate of drug-likeness (QED) is 0.462. The number of fused-ring (bicyclic) bond motifs is 1. The van der Waals surface area contributed by atoms with Crippen molar-refractivity contribution >= 4 is 22.4 Å². The Hall–Kier alpha value is -3.98. The van der Waals surface area contributed by atoms with E-state index < -0.39 is 0 Å². The third kappa shape index (κ3) is 4.17. The fraction of sp³-hybridized carbons (Fsp3) is 0.200. The lowest BCUT2D eigenvalue weighted by atomic mass is 10.1. The molecule has 1 aliphatic carbocycles. The first kappa shape index (κ1) is 19.0. The van der Waals surface area contributed by atoms with Crippen LogP contribution in [-0.2, 0) is 0 Å². The van der Waals surface area contributed by atoms with Crippen molar-refractivity contribution in [2.24, 2.45) is 0 Å². The molecule has 2 heterocycles. The van der Waals surface area contributed by atoms with E-state index in [1.165, 1.54) is 12.8 Å². The van der Waals surface area contributed by atoms with Gasteiger partial charge in [0, 0.05) is 29.0 Å². The van der Waals surface area contributed by atoms with Crippen molar-refractivity contribution in [3.05, 3.63) is 72.6 Å². The van der Waals surface area contributed by atoms with Crippen LogP contribution in [0.5, 0.6) is 5.75 Å². The molecule has 4 aromatic rings. The average Bonchev–Trinajstić information content (AvgIpc) is 3.33. The van der Waals surface area contributed by atoms with Gasteiger partial charge >= 0.3 is 0 Å². The monoisotopic (exact) mass is 407 g/mol. The molecule has 152 valence electrons. The maximum Gasteiger partial charge on any atom is 0.163 e. The number of aromatic nitrogens is 3. The van der Waals surface area contributed by atoms with Crippen LogP contribution in [0.4, 0.5) is 11.5 Å². The Labute approximate surface area is 180 Å². The molecule has 2 aromatic carbocycles. The molecule has 0 amide bonds. The number of hydrogen-bond acceptors (Lipinski definition) is 6. The third-order valence-electron chi connectivity index (χ3n) is 5.45. The van der Waals surface area contributed by atoms with Gasteiger partial charge in [-0.05, 0) is 74.2 Å². The molecule has 0 saturated heterocycles. The highest BCUT2D eigenvalue weighted by Gasteiger charge is 2.18. The number of nitriles is 1. The first-order valence-electron chi connectivity index (χ1n) is 10.4. The zero-order chi connectivity index (χ0) is 21.0. The zero-order valence-corrected chi connectivity index (χ0v) is 17.0. The fourth-order valence-corrected chi connectivity index (χ4v) is 3.90. The van der Waals surface area contributed by atoms with Crippen molar-refractivity contribution in [2.75, 3.05) is 5.32 Å². The average molecular weight is 407 g/mol. The summed E-state index contributed by atoms with van der Waals surface area (Å²) < 4.78 is 6.20. The van der Waals surface area contributed by atoms with Gasteiger partial charge in [0.2, 0.25) is 0 Å². The summed E-state index contributed by atoms with van der Waals surface area (Å²) in [5.74, 6) is 2.07. The van der Waals surface area contributed by atoms with Crippen molar-refractivity contribution in [2.45, 2.75) is 31.8 Å². The Morgan fingerprint density at radius 3 is 2.71 bits per heavy atom. The summed E-state index contributed by atoms with van der Waals surface area (Å²) in [6.45, 7) is 0. The van der Waals surface area contributed by atoms with Crippen molar-refractivity contribution in [1.29, 1.82) is 5.26 Å². The molecule has 2 aromatic heterocycles. The predicted octanol–water partition coefficient (Wildman–Crippen LogP) is 5.63. The lowest BCUT2D eigenvalue weighted by molar-refractivity contribution is 0.210. The minimum Gasteiger partial charge on any atom is -0.490 e. The maximum absolute atomic E-state index is 9.24. The van der Waals surface area contributed by atoms with Crippen LogP contribution in [0.15, 0.2) is 67.0 Å². The van der Waals surface area contributed by atoms with Gasteiger partial charge in [-0.2, -0.15) is 5.26 Å². The molecule has 31 heavy (non-hydrogen) atoms. The summed E-state index contributed by atoms with van der Waals surface area (Å²) in [4.78, 5) is 13.7. The highest BCUT2D eigenvalue weighted by atomic mass is 16.5. The Balaban J connectivity index is 1.59. The molecule has 0 unspecified atom stereocenters. The molecule has 5 rings (SSSR count). The van der Waals surface area contributed by atoms with E-state index in [1.54, 1.807) is 24.5 Å². The second kappa shape index (κ2) is 8.41. The number of nitrogens with one attached hydrogen (secondary N) is 1. The van der Waals surface area contributed by atoms with E-state index in [-0.39, 0.29) is 6.10 Å². The minimum atomic E-state index is 0.275. The van der Waals surface area contributed by atoms with Crippen LogP contribution in [0.25, 0.3) is 22.3 Å². The SMILES string of the molecule is N#Cc1cccc(Nc2nc(-c3cccnc3)nc3ccc(OC4CCCC4)cc23)c1. The molecule has 1 N–H and O–H groups in total. The van der Waals surface area contributed by atoms with E-state index in [2.05, 4.69) is 16.4 Å². The van der Waals surface area contributed by atoms with Crippen molar-refractivity contribution < 1.29 is 4.74 Å². The fourth-order valence-electron chi connectivity index (χ4n) is 3.90. The summed E-state index contributed by atoms with van der Waals surface area (Å²) in [6, 6.07) is 19.3. The highest BCUT2D eigenvalue weighted by Crippen LogP contribution is 2.32. The Kier molecular flexibility index (Phi) is 5.16. The number of hydrogen-bond donors (Lipinski definition) is 1. The Morgan fingerprint density at radius 2 is 1.90 bits per heavy atom. The Morgan fingerprint density at radius 1 is 1.00 bits per heavy atom. The summed E-state index contributed by atoms with van der Waals surface area (Å²) in [5, 5.41) is 13.5. The topological polar surface area (TPSA) is 83.7 Å². The number of anilines is 2. The van der Waals surface area contributed by atoms with Crippen LogP contribution in [0, 0.1) is 11.3 Å². The van der Waals surface area contributed by atoms with E-state index >= 15 is 0 Å². The van der Waals surface area contributed by atoms with Crippen LogP contribution in [0.1, 0.15) is 31.2 Å². The van der Waals surface area contributed by atoms with E-state index in [1.807, 2.05) is 42.5 Å². The molecule has 0 spiro atoms. The number of pyridine rings is 1.